The van der Waals surface area contributed by atoms with E-state index in [-0.39, 0.29) is 6.03 Å². The summed E-state index contributed by atoms with van der Waals surface area (Å²) in [5, 5.41) is 6.06. The first-order chi connectivity index (χ1) is 9.79. The van der Waals surface area contributed by atoms with Gasteiger partial charge in [0, 0.05) is 37.9 Å². The number of hydrogen-bond acceptors (Lipinski definition) is 3. The molecule has 20 heavy (non-hydrogen) atoms. The van der Waals surface area contributed by atoms with Gasteiger partial charge in [-0.2, -0.15) is 0 Å². The van der Waals surface area contributed by atoms with Crippen LogP contribution in [0.25, 0.3) is 0 Å². The molecule has 0 unspecified atom stereocenters. The molecular weight excluding hydrogens is 252 g/mol. The second-order valence-corrected chi connectivity index (χ2v) is 5.76. The summed E-state index contributed by atoms with van der Waals surface area (Å²) in [5.74, 6) is 0. The van der Waals surface area contributed by atoms with Crippen molar-refractivity contribution in [3.8, 4) is 0 Å². The zero-order chi connectivity index (χ0) is 13.8. The smallest absolute Gasteiger partial charge is 0.315 e. The van der Waals surface area contributed by atoms with Gasteiger partial charge in [-0.05, 0) is 37.8 Å². The number of carbonyl (C=O) groups is 1. The van der Waals surface area contributed by atoms with Crippen molar-refractivity contribution < 1.29 is 4.79 Å². The molecule has 2 N–H and O–H groups in total. The number of urea groups is 1. The van der Waals surface area contributed by atoms with Gasteiger partial charge in [-0.3, -0.25) is 9.88 Å². The van der Waals surface area contributed by atoms with Gasteiger partial charge in [0.1, 0.15) is 0 Å². The summed E-state index contributed by atoms with van der Waals surface area (Å²) in [7, 11) is 0. The Hall–Kier alpha value is -1.62. The number of hydrogen-bond donors (Lipinski definition) is 2. The van der Waals surface area contributed by atoms with E-state index in [1.807, 2.05) is 18.3 Å². The van der Waals surface area contributed by atoms with Crippen molar-refractivity contribution in [2.75, 3.05) is 13.1 Å². The molecule has 0 radical (unpaired) electrons. The third-order valence-corrected chi connectivity index (χ3v) is 3.95. The van der Waals surface area contributed by atoms with Gasteiger partial charge in [0.05, 0.1) is 5.69 Å². The third-order valence-electron chi connectivity index (χ3n) is 3.95. The van der Waals surface area contributed by atoms with Gasteiger partial charge in [0.2, 0.25) is 0 Å². The highest BCUT2D eigenvalue weighted by Gasteiger charge is 2.25. The maximum absolute atomic E-state index is 11.7. The van der Waals surface area contributed by atoms with E-state index in [1.54, 1.807) is 0 Å². The van der Waals surface area contributed by atoms with Crippen LogP contribution in [0.15, 0.2) is 24.4 Å². The van der Waals surface area contributed by atoms with Crippen LogP contribution in [-0.4, -0.2) is 41.1 Å². The molecule has 0 bridgehead atoms. The molecule has 108 valence electrons. The summed E-state index contributed by atoms with van der Waals surface area (Å²) in [4.78, 5) is 18.4. The first-order valence-corrected chi connectivity index (χ1v) is 7.49. The molecule has 1 aromatic rings. The van der Waals surface area contributed by atoms with Gasteiger partial charge < -0.3 is 10.6 Å². The number of aromatic nitrogens is 1. The van der Waals surface area contributed by atoms with Crippen molar-refractivity contribution in [3.63, 3.8) is 0 Å². The minimum absolute atomic E-state index is 0.00989. The fourth-order valence-electron chi connectivity index (χ4n) is 2.60. The summed E-state index contributed by atoms with van der Waals surface area (Å²) in [5.41, 5.74) is 1.12. The number of rotatable bonds is 4. The van der Waals surface area contributed by atoms with E-state index in [9.17, 15) is 4.79 Å². The fraction of sp³-hybridized carbons (Fsp3) is 0.600. The fourth-order valence-corrected chi connectivity index (χ4v) is 2.60. The molecule has 1 aliphatic heterocycles. The zero-order valence-electron chi connectivity index (χ0n) is 11.7. The second-order valence-electron chi connectivity index (χ2n) is 5.76. The second kappa shape index (κ2) is 6.22. The lowest BCUT2D eigenvalue weighted by Gasteiger charge is -2.32. The normalized spacial score (nSPS) is 20.6. The molecule has 2 heterocycles. The maximum Gasteiger partial charge on any atom is 0.315 e. The average molecular weight is 274 g/mol. The molecule has 0 atom stereocenters. The van der Waals surface area contributed by atoms with Crippen LogP contribution in [0.5, 0.6) is 0 Å². The molecule has 0 aromatic carbocycles. The predicted octanol–water partition coefficient (Wildman–Crippen LogP) is 1.51. The van der Waals surface area contributed by atoms with Crippen LogP contribution in [0.2, 0.25) is 0 Å². The Morgan fingerprint density at radius 1 is 1.15 bits per heavy atom. The van der Waals surface area contributed by atoms with Crippen LogP contribution in [0.4, 0.5) is 4.79 Å². The summed E-state index contributed by atoms with van der Waals surface area (Å²) in [6.45, 7) is 2.94. The Labute approximate surface area is 119 Å². The molecule has 1 saturated carbocycles. The molecule has 0 spiro atoms. The van der Waals surface area contributed by atoms with E-state index in [4.69, 9.17) is 0 Å². The number of piperidine rings is 1. The maximum atomic E-state index is 11.7. The highest BCUT2D eigenvalue weighted by molar-refractivity contribution is 5.74. The zero-order valence-corrected chi connectivity index (χ0v) is 11.7. The highest BCUT2D eigenvalue weighted by atomic mass is 16.2. The first-order valence-electron chi connectivity index (χ1n) is 7.49. The quantitative estimate of drug-likeness (QED) is 0.875. The van der Waals surface area contributed by atoms with E-state index >= 15 is 0 Å². The molecule has 3 rings (SSSR count). The monoisotopic (exact) mass is 274 g/mol. The molecule has 2 aliphatic rings. The molecular formula is C15H22N4O. The van der Waals surface area contributed by atoms with E-state index in [0.717, 1.165) is 51.0 Å². The van der Waals surface area contributed by atoms with Crippen molar-refractivity contribution in [2.24, 2.45) is 0 Å². The van der Waals surface area contributed by atoms with Crippen molar-refractivity contribution >= 4 is 6.03 Å². The molecule has 2 amide bonds. The van der Waals surface area contributed by atoms with Gasteiger partial charge in [0.25, 0.3) is 0 Å². The minimum Gasteiger partial charge on any atom is -0.335 e. The number of amides is 2. The lowest BCUT2D eigenvalue weighted by molar-refractivity contribution is 0.185. The van der Waals surface area contributed by atoms with E-state index in [0.29, 0.717) is 12.1 Å². The Morgan fingerprint density at radius 2 is 1.85 bits per heavy atom. The van der Waals surface area contributed by atoms with Crippen LogP contribution < -0.4 is 10.6 Å². The van der Waals surface area contributed by atoms with E-state index in [1.165, 1.54) is 0 Å². The van der Waals surface area contributed by atoms with Gasteiger partial charge >= 0.3 is 6.03 Å². The molecule has 1 saturated heterocycles. The first kappa shape index (κ1) is 13.4. The average Bonchev–Trinajstić information content (AvgIpc) is 3.26. The highest BCUT2D eigenvalue weighted by Crippen LogP contribution is 2.18. The van der Waals surface area contributed by atoms with Gasteiger partial charge in [0.15, 0.2) is 0 Å². The molecule has 5 nitrogen and oxygen atoms in total. The van der Waals surface area contributed by atoms with Crippen LogP contribution in [0.1, 0.15) is 31.4 Å². The lowest BCUT2D eigenvalue weighted by atomic mass is 10.1. The molecule has 1 aliphatic carbocycles. The van der Waals surface area contributed by atoms with Gasteiger partial charge in [-0.25, -0.2) is 4.79 Å². The Kier molecular flexibility index (Phi) is 4.16. The van der Waals surface area contributed by atoms with Crippen molar-refractivity contribution in [3.05, 3.63) is 30.1 Å². The Balaban J connectivity index is 1.39. The molecule has 2 fully saturated rings. The summed E-state index contributed by atoms with van der Waals surface area (Å²) < 4.78 is 0. The Morgan fingerprint density at radius 3 is 2.45 bits per heavy atom. The third kappa shape index (κ3) is 3.93. The minimum atomic E-state index is 0.00989. The van der Waals surface area contributed by atoms with Crippen LogP contribution in [0, 0.1) is 0 Å². The van der Waals surface area contributed by atoms with Crippen LogP contribution in [0.3, 0.4) is 0 Å². The van der Waals surface area contributed by atoms with Crippen molar-refractivity contribution in [1.29, 1.82) is 0 Å². The molecule has 5 heteroatoms. The Bertz CT molecular complexity index is 438. The van der Waals surface area contributed by atoms with Gasteiger partial charge in [-0.1, -0.05) is 6.07 Å². The lowest BCUT2D eigenvalue weighted by Crippen LogP contribution is -2.48. The number of carbonyl (C=O) groups excluding carboxylic acids is 1. The number of pyridine rings is 1. The largest absolute Gasteiger partial charge is 0.335 e. The van der Waals surface area contributed by atoms with Crippen LogP contribution in [-0.2, 0) is 6.54 Å². The number of nitrogens with zero attached hydrogens (tertiary/aromatic N) is 2. The van der Waals surface area contributed by atoms with E-state index < -0.39 is 0 Å². The summed E-state index contributed by atoms with van der Waals surface area (Å²) in [6.07, 6.45) is 6.15. The summed E-state index contributed by atoms with van der Waals surface area (Å²) in [6, 6.07) is 6.79. The molecule has 1 aromatic heterocycles. The van der Waals surface area contributed by atoms with Crippen molar-refractivity contribution in [2.45, 2.75) is 44.3 Å². The number of nitrogens with one attached hydrogen (secondary N) is 2. The topological polar surface area (TPSA) is 57.3 Å². The standard InChI is InChI=1S/C15H22N4O/c20-15(17-12-4-5-12)18-13-6-9-19(10-7-13)11-14-3-1-2-8-16-14/h1-3,8,12-13H,4-7,9-11H2,(H2,17,18,20). The number of likely N-dealkylation sites (tertiary alicyclic amines) is 1. The predicted molar refractivity (Wildman–Crippen MR) is 77.2 cm³/mol. The van der Waals surface area contributed by atoms with E-state index in [2.05, 4.69) is 26.6 Å². The van der Waals surface area contributed by atoms with Gasteiger partial charge in [-0.15, -0.1) is 0 Å². The van der Waals surface area contributed by atoms with Crippen molar-refractivity contribution in [1.82, 2.24) is 20.5 Å². The summed E-state index contributed by atoms with van der Waals surface area (Å²) >= 11 is 0. The SMILES string of the molecule is O=C(NC1CC1)NC1CCN(Cc2ccccn2)CC1. The van der Waals surface area contributed by atoms with Crippen LogP contribution >= 0.6 is 0 Å².